The van der Waals surface area contributed by atoms with Gasteiger partial charge in [-0.2, -0.15) is 0 Å². The third-order valence-corrected chi connectivity index (χ3v) is 4.30. The number of anilines is 1. The molecule has 0 radical (unpaired) electrons. The van der Waals surface area contributed by atoms with Crippen molar-refractivity contribution < 1.29 is 4.42 Å². The normalized spacial score (nSPS) is 11.1. The Balaban J connectivity index is 1.79. The SMILES string of the molecule is Cc1ccc(SCc2nc3cc(N)ccc3o2)c(C)c1. The molecule has 2 N–H and O–H groups in total. The number of benzene rings is 2. The lowest BCUT2D eigenvalue weighted by Crippen LogP contribution is -1.84. The summed E-state index contributed by atoms with van der Waals surface area (Å²) in [7, 11) is 0. The van der Waals surface area contributed by atoms with Crippen molar-refractivity contribution in [3.05, 3.63) is 53.4 Å². The molecule has 0 saturated heterocycles. The number of rotatable bonds is 3. The molecule has 1 heterocycles. The Morgan fingerprint density at radius 3 is 2.80 bits per heavy atom. The maximum Gasteiger partial charge on any atom is 0.205 e. The summed E-state index contributed by atoms with van der Waals surface area (Å²) in [6, 6.07) is 12.0. The van der Waals surface area contributed by atoms with Crippen molar-refractivity contribution in [3.8, 4) is 0 Å². The number of hydrogen-bond donors (Lipinski definition) is 1. The number of hydrogen-bond acceptors (Lipinski definition) is 4. The molecule has 1 aromatic heterocycles. The van der Waals surface area contributed by atoms with Crippen LogP contribution in [0.25, 0.3) is 11.1 Å². The Hall–Kier alpha value is -1.94. The van der Waals surface area contributed by atoms with Crippen molar-refractivity contribution in [2.75, 3.05) is 5.73 Å². The molecule has 0 amide bonds. The lowest BCUT2D eigenvalue weighted by Gasteiger charge is -2.04. The van der Waals surface area contributed by atoms with Gasteiger partial charge in [0.05, 0.1) is 5.75 Å². The van der Waals surface area contributed by atoms with Crippen LogP contribution in [0, 0.1) is 13.8 Å². The van der Waals surface area contributed by atoms with Gasteiger partial charge in [0.2, 0.25) is 5.89 Å². The van der Waals surface area contributed by atoms with Crippen molar-refractivity contribution in [1.82, 2.24) is 4.98 Å². The van der Waals surface area contributed by atoms with Crippen LogP contribution in [0.5, 0.6) is 0 Å². The standard InChI is InChI=1S/C16H16N2OS/c1-10-3-6-15(11(2)7-10)20-9-16-18-13-8-12(17)4-5-14(13)19-16/h3-8H,9,17H2,1-2H3. The molecule has 0 aliphatic rings. The van der Waals surface area contributed by atoms with E-state index in [2.05, 4.69) is 37.0 Å². The second kappa shape index (κ2) is 5.21. The number of nitrogen functional groups attached to an aromatic ring is 1. The van der Waals surface area contributed by atoms with Crippen LogP contribution in [0.2, 0.25) is 0 Å². The molecular weight excluding hydrogens is 268 g/mol. The lowest BCUT2D eigenvalue weighted by molar-refractivity contribution is 0.556. The molecule has 2 aromatic carbocycles. The largest absolute Gasteiger partial charge is 0.440 e. The van der Waals surface area contributed by atoms with E-state index in [4.69, 9.17) is 10.2 Å². The highest BCUT2D eigenvalue weighted by molar-refractivity contribution is 7.98. The summed E-state index contributed by atoms with van der Waals surface area (Å²) in [5, 5.41) is 0. The van der Waals surface area contributed by atoms with Crippen molar-refractivity contribution in [2.45, 2.75) is 24.5 Å². The molecular formula is C16H16N2OS. The summed E-state index contributed by atoms with van der Waals surface area (Å²) in [5.41, 5.74) is 10.6. The lowest BCUT2D eigenvalue weighted by atomic mass is 10.2. The van der Waals surface area contributed by atoms with Crippen molar-refractivity contribution in [1.29, 1.82) is 0 Å². The number of nitrogens with two attached hydrogens (primary N) is 1. The predicted octanol–water partition coefficient (Wildman–Crippen LogP) is 4.32. The topological polar surface area (TPSA) is 52.0 Å². The van der Waals surface area contributed by atoms with Gasteiger partial charge in [0.1, 0.15) is 5.52 Å². The number of aryl methyl sites for hydroxylation is 2. The number of aromatic nitrogens is 1. The number of nitrogens with zero attached hydrogens (tertiary/aromatic N) is 1. The van der Waals surface area contributed by atoms with E-state index < -0.39 is 0 Å². The fourth-order valence-corrected chi connectivity index (χ4v) is 3.01. The Morgan fingerprint density at radius 1 is 1.15 bits per heavy atom. The van der Waals surface area contributed by atoms with E-state index in [0.717, 1.165) is 22.7 Å². The maximum atomic E-state index is 5.75. The second-order valence-electron chi connectivity index (χ2n) is 4.89. The number of thioether (sulfide) groups is 1. The maximum absolute atomic E-state index is 5.75. The molecule has 0 spiro atoms. The average molecular weight is 284 g/mol. The summed E-state index contributed by atoms with van der Waals surface area (Å²) in [5.74, 6) is 1.45. The van der Waals surface area contributed by atoms with E-state index in [1.807, 2.05) is 18.2 Å². The summed E-state index contributed by atoms with van der Waals surface area (Å²) in [6.07, 6.45) is 0. The monoisotopic (exact) mass is 284 g/mol. The molecule has 4 heteroatoms. The summed E-state index contributed by atoms with van der Waals surface area (Å²) in [4.78, 5) is 5.73. The molecule has 0 atom stereocenters. The van der Waals surface area contributed by atoms with Gasteiger partial charge in [0.25, 0.3) is 0 Å². The zero-order chi connectivity index (χ0) is 14.1. The Labute approximate surface area is 122 Å². The fraction of sp³-hybridized carbons (Fsp3) is 0.188. The van der Waals surface area contributed by atoms with Crippen molar-refractivity contribution >= 4 is 28.5 Å². The van der Waals surface area contributed by atoms with E-state index in [9.17, 15) is 0 Å². The molecule has 0 aliphatic heterocycles. The first-order chi connectivity index (χ1) is 9.61. The average Bonchev–Trinajstić information content (AvgIpc) is 2.79. The van der Waals surface area contributed by atoms with Crippen LogP contribution >= 0.6 is 11.8 Å². The smallest absolute Gasteiger partial charge is 0.205 e. The Bertz CT molecular complexity index is 764. The minimum absolute atomic E-state index is 0.708. The molecule has 0 aliphatic carbocycles. The highest BCUT2D eigenvalue weighted by Crippen LogP contribution is 2.28. The van der Waals surface area contributed by atoms with E-state index in [1.165, 1.54) is 16.0 Å². The molecule has 0 unspecified atom stereocenters. The van der Waals surface area contributed by atoms with Gasteiger partial charge in [0.15, 0.2) is 5.58 Å². The highest BCUT2D eigenvalue weighted by Gasteiger charge is 2.07. The van der Waals surface area contributed by atoms with Crippen LogP contribution in [0.3, 0.4) is 0 Å². The molecule has 3 nitrogen and oxygen atoms in total. The van der Waals surface area contributed by atoms with Crippen LogP contribution in [0.1, 0.15) is 17.0 Å². The van der Waals surface area contributed by atoms with Gasteiger partial charge in [-0.3, -0.25) is 0 Å². The van der Waals surface area contributed by atoms with Crippen LogP contribution in [0.4, 0.5) is 5.69 Å². The van der Waals surface area contributed by atoms with Gasteiger partial charge in [-0.05, 0) is 43.7 Å². The van der Waals surface area contributed by atoms with Crippen LogP contribution in [-0.2, 0) is 5.75 Å². The van der Waals surface area contributed by atoms with E-state index in [-0.39, 0.29) is 0 Å². The predicted molar refractivity (Wildman–Crippen MR) is 83.9 cm³/mol. The minimum atomic E-state index is 0.708. The quantitative estimate of drug-likeness (QED) is 0.575. The van der Waals surface area contributed by atoms with E-state index >= 15 is 0 Å². The first-order valence-corrected chi connectivity index (χ1v) is 7.45. The van der Waals surface area contributed by atoms with E-state index in [1.54, 1.807) is 11.8 Å². The number of fused-ring (bicyclic) bond motifs is 1. The van der Waals surface area contributed by atoms with Gasteiger partial charge in [-0.1, -0.05) is 17.7 Å². The Kier molecular flexibility index (Phi) is 3.40. The molecule has 102 valence electrons. The molecule has 0 saturated carbocycles. The molecule has 20 heavy (non-hydrogen) atoms. The van der Waals surface area contributed by atoms with Gasteiger partial charge in [0, 0.05) is 10.6 Å². The fourth-order valence-electron chi connectivity index (χ4n) is 2.15. The summed E-state index contributed by atoms with van der Waals surface area (Å²) in [6.45, 7) is 4.23. The molecule has 3 rings (SSSR count). The van der Waals surface area contributed by atoms with Crippen LogP contribution in [0.15, 0.2) is 45.7 Å². The Morgan fingerprint density at radius 2 is 2.00 bits per heavy atom. The summed E-state index contributed by atoms with van der Waals surface area (Å²) >= 11 is 1.74. The van der Waals surface area contributed by atoms with Gasteiger partial charge >= 0.3 is 0 Å². The third kappa shape index (κ3) is 2.65. The van der Waals surface area contributed by atoms with Gasteiger partial charge in [-0.25, -0.2) is 4.98 Å². The van der Waals surface area contributed by atoms with Crippen LogP contribution in [-0.4, -0.2) is 4.98 Å². The van der Waals surface area contributed by atoms with Crippen molar-refractivity contribution in [3.63, 3.8) is 0 Å². The van der Waals surface area contributed by atoms with Gasteiger partial charge < -0.3 is 10.2 Å². The van der Waals surface area contributed by atoms with Gasteiger partial charge in [-0.15, -0.1) is 11.8 Å². The molecule has 3 aromatic rings. The summed E-state index contributed by atoms with van der Waals surface area (Å²) < 4.78 is 5.72. The zero-order valence-electron chi connectivity index (χ0n) is 11.5. The second-order valence-corrected chi connectivity index (χ2v) is 5.91. The highest BCUT2D eigenvalue weighted by atomic mass is 32.2. The third-order valence-electron chi connectivity index (χ3n) is 3.14. The van der Waals surface area contributed by atoms with Crippen LogP contribution < -0.4 is 5.73 Å². The van der Waals surface area contributed by atoms with E-state index in [0.29, 0.717) is 5.69 Å². The van der Waals surface area contributed by atoms with Crippen molar-refractivity contribution in [2.24, 2.45) is 0 Å². The first-order valence-electron chi connectivity index (χ1n) is 6.47. The zero-order valence-corrected chi connectivity index (χ0v) is 12.3. The number of oxazole rings is 1. The molecule has 0 bridgehead atoms. The molecule has 0 fully saturated rings. The first kappa shape index (κ1) is 13.1. The minimum Gasteiger partial charge on any atom is -0.440 e.